The van der Waals surface area contributed by atoms with Gasteiger partial charge in [0.25, 0.3) is 0 Å². The highest BCUT2D eigenvalue weighted by atomic mass is 35.5. The van der Waals surface area contributed by atoms with Gasteiger partial charge in [0.2, 0.25) is 10.0 Å². The average molecular weight is 504 g/mol. The third-order valence-corrected chi connectivity index (χ3v) is 8.07. The molecule has 0 saturated carbocycles. The zero-order valence-corrected chi connectivity index (χ0v) is 20.8. The molecule has 0 radical (unpaired) electrons. The van der Waals surface area contributed by atoms with E-state index in [1.165, 1.54) is 18.2 Å². The number of rotatable bonds is 7. The summed E-state index contributed by atoms with van der Waals surface area (Å²) in [7, 11) is -3.97. The lowest BCUT2D eigenvalue weighted by Crippen LogP contribution is -2.46. The number of nitrogens with one attached hydrogen (secondary N) is 1. The number of carbonyl (C=O) groups is 1. The van der Waals surface area contributed by atoms with Crippen LogP contribution in [0.15, 0.2) is 50.5 Å². The molecule has 1 N–H and O–H groups in total. The Labute approximate surface area is 203 Å². The smallest absolute Gasteiger partial charge is 0.339 e. The fourth-order valence-electron chi connectivity index (χ4n) is 4.12. The lowest BCUT2D eigenvalue weighted by atomic mass is 10.0. The molecular formula is C25H26ClNO6S. The second-order valence-corrected chi connectivity index (χ2v) is 10.8. The minimum absolute atomic E-state index is 0.00287. The monoisotopic (exact) mass is 503 g/mol. The van der Waals surface area contributed by atoms with Crippen LogP contribution in [-0.4, -0.2) is 20.4 Å². The van der Waals surface area contributed by atoms with Gasteiger partial charge in [0.1, 0.15) is 11.6 Å². The SMILES string of the molecule is CC[C@@H](C)[C@@H](NS(=O)(=O)c1ccc(C)cc1)C(=O)Oc1cc2oc(=O)c3c(c2cc1Cl)CCC3. The van der Waals surface area contributed by atoms with Crippen LogP contribution >= 0.6 is 11.6 Å². The number of hydrogen-bond acceptors (Lipinski definition) is 6. The highest BCUT2D eigenvalue weighted by Crippen LogP contribution is 2.35. The van der Waals surface area contributed by atoms with Crippen LogP contribution < -0.4 is 15.1 Å². The number of carbonyl (C=O) groups excluding carboxylic acids is 1. The van der Waals surface area contributed by atoms with Crippen LogP contribution in [0.4, 0.5) is 0 Å². The van der Waals surface area contributed by atoms with Crippen LogP contribution in [-0.2, 0) is 27.7 Å². The Kier molecular flexibility index (Phi) is 6.85. The second-order valence-electron chi connectivity index (χ2n) is 8.70. The van der Waals surface area contributed by atoms with Gasteiger partial charge in [0.05, 0.1) is 9.92 Å². The molecule has 7 nitrogen and oxygen atoms in total. The van der Waals surface area contributed by atoms with Crippen LogP contribution in [0.2, 0.25) is 5.02 Å². The summed E-state index contributed by atoms with van der Waals surface area (Å²) in [5.74, 6) is -1.15. The first-order valence-corrected chi connectivity index (χ1v) is 13.1. The van der Waals surface area contributed by atoms with E-state index < -0.39 is 27.7 Å². The fourth-order valence-corrected chi connectivity index (χ4v) is 5.61. The van der Waals surface area contributed by atoms with Gasteiger partial charge in [-0.05, 0) is 55.9 Å². The first kappa shape index (κ1) is 24.4. The van der Waals surface area contributed by atoms with Gasteiger partial charge in [-0.2, -0.15) is 4.72 Å². The second kappa shape index (κ2) is 9.52. The number of aryl methyl sites for hydroxylation is 2. The van der Waals surface area contributed by atoms with E-state index in [9.17, 15) is 18.0 Å². The fraction of sp³-hybridized carbons (Fsp3) is 0.360. The van der Waals surface area contributed by atoms with Crippen molar-refractivity contribution in [1.29, 1.82) is 0 Å². The highest BCUT2D eigenvalue weighted by Gasteiger charge is 2.32. The van der Waals surface area contributed by atoms with Gasteiger partial charge in [0.15, 0.2) is 5.75 Å². The van der Waals surface area contributed by atoms with E-state index in [-0.39, 0.29) is 27.2 Å². The van der Waals surface area contributed by atoms with Crippen LogP contribution in [0.1, 0.15) is 43.4 Å². The van der Waals surface area contributed by atoms with Gasteiger partial charge >= 0.3 is 11.6 Å². The highest BCUT2D eigenvalue weighted by molar-refractivity contribution is 7.89. The van der Waals surface area contributed by atoms with Crippen molar-refractivity contribution in [2.75, 3.05) is 0 Å². The van der Waals surface area contributed by atoms with E-state index in [4.69, 9.17) is 20.8 Å². The average Bonchev–Trinajstić information content (AvgIpc) is 3.29. The molecule has 0 fully saturated rings. The Morgan fingerprint density at radius 1 is 1.18 bits per heavy atom. The van der Waals surface area contributed by atoms with E-state index in [1.54, 1.807) is 25.1 Å². The number of sulfonamides is 1. The molecule has 1 aliphatic carbocycles. The third-order valence-electron chi connectivity index (χ3n) is 6.32. The zero-order chi connectivity index (χ0) is 24.6. The molecule has 0 spiro atoms. The van der Waals surface area contributed by atoms with Gasteiger partial charge in [-0.15, -0.1) is 0 Å². The molecule has 1 heterocycles. The summed E-state index contributed by atoms with van der Waals surface area (Å²) in [5.41, 5.74) is 2.37. The van der Waals surface area contributed by atoms with E-state index in [2.05, 4.69) is 4.72 Å². The van der Waals surface area contributed by atoms with E-state index in [0.717, 1.165) is 29.4 Å². The van der Waals surface area contributed by atoms with Crippen molar-refractivity contribution in [3.8, 4) is 5.75 Å². The van der Waals surface area contributed by atoms with Crippen molar-refractivity contribution in [3.05, 3.63) is 68.5 Å². The minimum Gasteiger partial charge on any atom is -0.424 e. The van der Waals surface area contributed by atoms with E-state index >= 15 is 0 Å². The Bertz CT molecular complexity index is 1410. The van der Waals surface area contributed by atoms with Crippen molar-refractivity contribution in [2.45, 2.75) is 57.4 Å². The Hall–Kier alpha value is -2.68. The summed E-state index contributed by atoms with van der Waals surface area (Å²) in [5, 5.41) is 0.892. The van der Waals surface area contributed by atoms with Crippen molar-refractivity contribution in [2.24, 2.45) is 5.92 Å². The molecule has 180 valence electrons. The first-order valence-electron chi connectivity index (χ1n) is 11.2. The van der Waals surface area contributed by atoms with Crippen LogP contribution in [0.3, 0.4) is 0 Å². The Morgan fingerprint density at radius 3 is 2.53 bits per heavy atom. The molecule has 34 heavy (non-hydrogen) atoms. The molecule has 1 aliphatic rings. The van der Waals surface area contributed by atoms with Gasteiger partial charge in [-0.3, -0.25) is 0 Å². The molecule has 0 unspecified atom stereocenters. The number of ether oxygens (including phenoxy) is 1. The summed E-state index contributed by atoms with van der Waals surface area (Å²) in [6.45, 7) is 5.46. The minimum atomic E-state index is -3.97. The lowest BCUT2D eigenvalue weighted by molar-refractivity contribution is -0.137. The number of fused-ring (bicyclic) bond motifs is 3. The molecule has 0 aliphatic heterocycles. The summed E-state index contributed by atoms with van der Waals surface area (Å²) >= 11 is 6.42. The lowest BCUT2D eigenvalue weighted by Gasteiger charge is -2.23. The van der Waals surface area contributed by atoms with Crippen molar-refractivity contribution in [3.63, 3.8) is 0 Å². The number of halogens is 1. The molecule has 9 heteroatoms. The molecule has 1 aromatic heterocycles. The molecule has 0 saturated heterocycles. The standard InChI is InChI=1S/C25H26ClNO6S/c1-4-15(3)23(27-34(30,31)16-10-8-14(2)9-11-16)25(29)33-22-13-21-19(12-20(22)26)17-6-5-7-18(17)24(28)32-21/h8-13,15,23,27H,4-7H2,1-3H3/t15-,23-/m1/s1. The molecule has 2 aromatic carbocycles. The van der Waals surface area contributed by atoms with Gasteiger partial charge in [-0.1, -0.05) is 49.6 Å². The predicted molar refractivity (Wildman–Crippen MR) is 130 cm³/mol. The summed E-state index contributed by atoms with van der Waals surface area (Å²) in [6, 6.07) is 8.23. The Balaban J connectivity index is 1.64. The summed E-state index contributed by atoms with van der Waals surface area (Å²) < 4.78 is 39.3. The summed E-state index contributed by atoms with van der Waals surface area (Å²) in [6.07, 6.45) is 2.82. The molecule has 0 bridgehead atoms. The summed E-state index contributed by atoms with van der Waals surface area (Å²) in [4.78, 5) is 25.5. The first-order chi connectivity index (χ1) is 16.1. The number of benzene rings is 2. The maximum atomic E-state index is 13.1. The molecule has 2 atom stereocenters. The van der Waals surface area contributed by atoms with Crippen LogP contribution in [0.5, 0.6) is 5.75 Å². The maximum Gasteiger partial charge on any atom is 0.339 e. The van der Waals surface area contributed by atoms with Crippen molar-refractivity contribution < 1.29 is 22.4 Å². The molecule has 3 aromatic rings. The Morgan fingerprint density at radius 2 is 1.85 bits per heavy atom. The molecular weight excluding hydrogens is 478 g/mol. The quantitative estimate of drug-likeness (QED) is 0.288. The van der Waals surface area contributed by atoms with Gasteiger partial charge in [-0.25, -0.2) is 18.0 Å². The molecule has 4 rings (SSSR count). The number of esters is 1. The zero-order valence-electron chi connectivity index (χ0n) is 19.2. The van der Waals surface area contributed by atoms with Crippen LogP contribution in [0, 0.1) is 12.8 Å². The van der Waals surface area contributed by atoms with Gasteiger partial charge in [0, 0.05) is 17.0 Å². The normalized spacial score (nSPS) is 15.2. The number of hydrogen-bond donors (Lipinski definition) is 1. The van der Waals surface area contributed by atoms with Crippen molar-refractivity contribution in [1.82, 2.24) is 4.72 Å². The van der Waals surface area contributed by atoms with Gasteiger partial charge < -0.3 is 9.15 Å². The van der Waals surface area contributed by atoms with Crippen molar-refractivity contribution >= 4 is 38.6 Å². The van der Waals surface area contributed by atoms with E-state index in [0.29, 0.717) is 18.4 Å². The maximum absolute atomic E-state index is 13.1. The topological polar surface area (TPSA) is 103 Å². The predicted octanol–water partition coefficient (Wildman–Crippen LogP) is 4.54. The van der Waals surface area contributed by atoms with E-state index in [1.807, 2.05) is 13.8 Å². The molecule has 0 amide bonds. The van der Waals surface area contributed by atoms with Crippen LogP contribution in [0.25, 0.3) is 11.0 Å². The third kappa shape index (κ3) is 4.76. The largest absolute Gasteiger partial charge is 0.424 e.